The van der Waals surface area contributed by atoms with Gasteiger partial charge in [0.25, 0.3) is 0 Å². The standard InChI is InChI=1S/C7H11N3O/c8-3-6-1-2-10(4-6)5-7(9)11/h1-2,4H,3,5,8H2,(H2,9,11). The van der Waals surface area contributed by atoms with Crippen LogP contribution in [0, 0.1) is 0 Å². The zero-order valence-electron chi connectivity index (χ0n) is 6.16. The second-order valence-electron chi connectivity index (χ2n) is 2.36. The van der Waals surface area contributed by atoms with Crippen LogP contribution in [0.5, 0.6) is 0 Å². The van der Waals surface area contributed by atoms with Gasteiger partial charge in [-0.1, -0.05) is 0 Å². The van der Waals surface area contributed by atoms with Gasteiger partial charge in [0.15, 0.2) is 0 Å². The maximum absolute atomic E-state index is 10.4. The average molecular weight is 153 g/mol. The molecule has 11 heavy (non-hydrogen) atoms. The van der Waals surface area contributed by atoms with Gasteiger partial charge in [0, 0.05) is 18.9 Å². The molecule has 0 saturated heterocycles. The van der Waals surface area contributed by atoms with E-state index in [0.29, 0.717) is 6.54 Å². The van der Waals surface area contributed by atoms with E-state index in [4.69, 9.17) is 11.5 Å². The summed E-state index contributed by atoms with van der Waals surface area (Å²) in [6, 6.07) is 1.86. The normalized spacial score (nSPS) is 9.91. The number of carbonyl (C=O) groups excluding carboxylic acids is 1. The monoisotopic (exact) mass is 153 g/mol. The Balaban J connectivity index is 2.65. The SMILES string of the molecule is NCc1ccn(CC(N)=O)c1. The van der Waals surface area contributed by atoms with Crippen molar-refractivity contribution in [1.29, 1.82) is 0 Å². The van der Waals surface area contributed by atoms with Crippen LogP contribution >= 0.6 is 0 Å². The first-order chi connectivity index (χ1) is 5.22. The Morgan fingerprint density at radius 2 is 2.36 bits per heavy atom. The summed E-state index contributed by atoms with van der Waals surface area (Å²) in [7, 11) is 0. The highest BCUT2D eigenvalue weighted by Gasteiger charge is 1.96. The fourth-order valence-corrected chi connectivity index (χ4v) is 0.890. The molecule has 0 unspecified atom stereocenters. The molecule has 0 spiro atoms. The Bertz CT molecular complexity index is 254. The maximum atomic E-state index is 10.4. The summed E-state index contributed by atoms with van der Waals surface area (Å²) >= 11 is 0. The first kappa shape index (κ1) is 7.81. The summed E-state index contributed by atoms with van der Waals surface area (Å²) in [6.45, 7) is 0.714. The molecule has 1 aromatic heterocycles. The van der Waals surface area contributed by atoms with Gasteiger partial charge in [0.1, 0.15) is 6.54 Å². The van der Waals surface area contributed by atoms with Crippen molar-refractivity contribution in [2.75, 3.05) is 0 Å². The molecule has 60 valence electrons. The molecule has 4 N–H and O–H groups in total. The highest BCUT2D eigenvalue weighted by molar-refractivity contribution is 5.73. The average Bonchev–Trinajstić information content (AvgIpc) is 2.34. The lowest BCUT2D eigenvalue weighted by Gasteiger charge is -1.95. The summed E-state index contributed by atoms with van der Waals surface area (Å²) in [5, 5.41) is 0. The van der Waals surface area contributed by atoms with Crippen molar-refractivity contribution in [1.82, 2.24) is 4.57 Å². The highest BCUT2D eigenvalue weighted by atomic mass is 16.1. The topological polar surface area (TPSA) is 74.0 Å². The van der Waals surface area contributed by atoms with Crippen LogP contribution in [0.3, 0.4) is 0 Å². The lowest BCUT2D eigenvalue weighted by Crippen LogP contribution is -2.17. The molecule has 4 nitrogen and oxygen atoms in total. The Kier molecular flexibility index (Phi) is 2.28. The molecule has 0 bridgehead atoms. The van der Waals surface area contributed by atoms with E-state index in [1.165, 1.54) is 0 Å². The van der Waals surface area contributed by atoms with Crippen molar-refractivity contribution in [3.8, 4) is 0 Å². The van der Waals surface area contributed by atoms with Gasteiger partial charge >= 0.3 is 0 Å². The van der Waals surface area contributed by atoms with Crippen LogP contribution in [0.15, 0.2) is 18.5 Å². The quantitative estimate of drug-likeness (QED) is 0.610. The first-order valence-corrected chi connectivity index (χ1v) is 3.35. The van der Waals surface area contributed by atoms with E-state index in [-0.39, 0.29) is 12.5 Å². The van der Waals surface area contributed by atoms with E-state index in [0.717, 1.165) is 5.56 Å². The molecule has 0 aliphatic heterocycles. The summed E-state index contributed by atoms with van der Waals surface area (Å²) in [5.74, 6) is -0.343. The molecule has 1 amide bonds. The third-order valence-electron chi connectivity index (χ3n) is 1.39. The molecule has 0 radical (unpaired) electrons. The van der Waals surface area contributed by atoms with Crippen LogP contribution < -0.4 is 11.5 Å². The van der Waals surface area contributed by atoms with Gasteiger partial charge in [-0.3, -0.25) is 4.79 Å². The molecule has 0 aromatic carbocycles. The van der Waals surface area contributed by atoms with Gasteiger partial charge in [0.05, 0.1) is 0 Å². The summed E-state index contributed by atoms with van der Waals surface area (Å²) in [4.78, 5) is 10.4. The molecule has 1 aromatic rings. The third kappa shape index (κ3) is 2.09. The number of nitrogens with two attached hydrogens (primary N) is 2. The largest absolute Gasteiger partial charge is 0.368 e. The van der Waals surface area contributed by atoms with E-state index >= 15 is 0 Å². The van der Waals surface area contributed by atoms with Gasteiger partial charge in [-0.05, 0) is 11.6 Å². The minimum absolute atomic E-state index is 0.222. The predicted octanol–water partition coefficient (Wildman–Crippen LogP) is -0.568. The minimum Gasteiger partial charge on any atom is -0.368 e. The molecule has 0 atom stereocenters. The zero-order chi connectivity index (χ0) is 8.27. The molecule has 4 heteroatoms. The fraction of sp³-hybridized carbons (Fsp3) is 0.286. The molecule has 0 aliphatic rings. The molecule has 0 saturated carbocycles. The number of hydrogen-bond acceptors (Lipinski definition) is 2. The molecular weight excluding hydrogens is 142 g/mol. The Morgan fingerprint density at radius 3 is 2.82 bits per heavy atom. The number of carbonyl (C=O) groups is 1. The van der Waals surface area contributed by atoms with Crippen LogP contribution in [0.1, 0.15) is 5.56 Å². The minimum atomic E-state index is -0.343. The van der Waals surface area contributed by atoms with Crippen LogP contribution in [0.25, 0.3) is 0 Å². The van der Waals surface area contributed by atoms with E-state index in [2.05, 4.69) is 0 Å². The van der Waals surface area contributed by atoms with Crippen molar-refractivity contribution < 1.29 is 4.79 Å². The smallest absolute Gasteiger partial charge is 0.237 e. The van der Waals surface area contributed by atoms with Crippen molar-refractivity contribution in [2.24, 2.45) is 11.5 Å². The van der Waals surface area contributed by atoms with Crippen LogP contribution in [-0.2, 0) is 17.9 Å². The van der Waals surface area contributed by atoms with Crippen LogP contribution in [0.4, 0.5) is 0 Å². The van der Waals surface area contributed by atoms with Crippen molar-refractivity contribution in [2.45, 2.75) is 13.1 Å². The first-order valence-electron chi connectivity index (χ1n) is 3.35. The van der Waals surface area contributed by atoms with Crippen molar-refractivity contribution in [3.63, 3.8) is 0 Å². The number of hydrogen-bond donors (Lipinski definition) is 2. The lowest BCUT2D eigenvalue weighted by molar-refractivity contribution is -0.118. The van der Waals surface area contributed by atoms with E-state index in [9.17, 15) is 4.79 Å². The second kappa shape index (κ2) is 3.21. The Labute approximate surface area is 64.8 Å². The number of nitrogens with zero attached hydrogens (tertiary/aromatic N) is 1. The van der Waals surface area contributed by atoms with Gasteiger partial charge < -0.3 is 16.0 Å². The number of rotatable bonds is 3. The van der Waals surface area contributed by atoms with E-state index < -0.39 is 0 Å². The molecular formula is C7H11N3O. The van der Waals surface area contributed by atoms with Crippen molar-refractivity contribution >= 4 is 5.91 Å². The molecule has 1 rings (SSSR count). The van der Waals surface area contributed by atoms with Gasteiger partial charge in [-0.25, -0.2) is 0 Å². The Hall–Kier alpha value is -1.29. The second-order valence-corrected chi connectivity index (χ2v) is 2.36. The summed E-state index contributed by atoms with van der Waals surface area (Å²) in [6.07, 6.45) is 3.59. The summed E-state index contributed by atoms with van der Waals surface area (Å²) in [5.41, 5.74) is 11.4. The van der Waals surface area contributed by atoms with Gasteiger partial charge in [0.2, 0.25) is 5.91 Å². The molecule has 0 aliphatic carbocycles. The zero-order valence-corrected chi connectivity index (χ0v) is 6.16. The van der Waals surface area contributed by atoms with Crippen LogP contribution in [-0.4, -0.2) is 10.5 Å². The highest BCUT2D eigenvalue weighted by Crippen LogP contribution is 1.98. The van der Waals surface area contributed by atoms with Crippen molar-refractivity contribution in [3.05, 3.63) is 24.0 Å². The fourth-order valence-electron chi connectivity index (χ4n) is 0.890. The predicted molar refractivity (Wildman–Crippen MR) is 41.5 cm³/mol. The van der Waals surface area contributed by atoms with Gasteiger partial charge in [-0.15, -0.1) is 0 Å². The Morgan fingerprint density at radius 1 is 1.64 bits per heavy atom. The number of primary amides is 1. The summed E-state index contributed by atoms with van der Waals surface area (Å²) < 4.78 is 1.71. The number of aromatic nitrogens is 1. The molecule has 1 heterocycles. The maximum Gasteiger partial charge on any atom is 0.237 e. The third-order valence-corrected chi connectivity index (χ3v) is 1.39. The number of amides is 1. The van der Waals surface area contributed by atoms with E-state index in [1.54, 1.807) is 10.8 Å². The lowest BCUT2D eigenvalue weighted by atomic mass is 10.3. The van der Waals surface area contributed by atoms with Gasteiger partial charge in [-0.2, -0.15) is 0 Å². The van der Waals surface area contributed by atoms with Crippen LogP contribution in [0.2, 0.25) is 0 Å². The molecule has 0 fully saturated rings. The van der Waals surface area contributed by atoms with E-state index in [1.807, 2.05) is 12.3 Å².